The van der Waals surface area contributed by atoms with E-state index in [0.717, 1.165) is 19.3 Å². The van der Waals surface area contributed by atoms with Crippen molar-refractivity contribution in [1.29, 1.82) is 0 Å². The number of ether oxygens (including phenoxy) is 3. The Morgan fingerprint density at radius 3 is 2.79 bits per heavy atom. The van der Waals surface area contributed by atoms with Crippen LogP contribution in [0.1, 0.15) is 55.1 Å². The Bertz CT molecular complexity index is 920. The van der Waals surface area contributed by atoms with Gasteiger partial charge < -0.3 is 24.6 Å². The summed E-state index contributed by atoms with van der Waals surface area (Å²) >= 11 is 0. The minimum Gasteiger partial charge on any atom is -0.503 e. The van der Waals surface area contributed by atoms with Crippen LogP contribution in [0.3, 0.4) is 0 Å². The number of aromatic hydroxyl groups is 1. The summed E-state index contributed by atoms with van der Waals surface area (Å²) in [7, 11) is 1.38. The van der Waals surface area contributed by atoms with Crippen molar-refractivity contribution in [3.8, 4) is 11.5 Å². The number of pyridine rings is 1. The molecular weight excluding hydrogens is 424 g/mol. The first-order chi connectivity index (χ1) is 16.0. The molecule has 3 atom stereocenters. The lowest BCUT2D eigenvalue weighted by Crippen LogP contribution is -2.42. The first-order valence-electron chi connectivity index (χ1n) is 11.4. The predicted octanol–water partition coefficient (Wildman–Crippen LogP) is 3.42. The maximum atomic E-state index is 12.6. The number of cyclic esters (lactones) is 1. The molecule has 178 valence electrons. The number of rotatable bonds is 8. The fourth-order valence-corrected chi connectivity index (χ4v) is 3.93. The highest BCUT2D eigenvalue weighted by Crippen LogP contribution is 2.27. The molecule has 1 aliphatic heterocycles. The van der Waals surface area contributed by atoms with Crippen molar-refractivity contribution in [2.24, 2.45) is 0 Å². The topological polar surface area (TPSA) is 107 Å². The van der Waals surface area contributed by atoms with Crippen LogP contribution >= 0.6 is 0 Å². The monoisotopic (exact) mass is 456 g/mol. The number of aryl methyl sites for hydroxylation is 1. The van der Waals surface area contributed by atoms with Crippen molar-refractivity contribution in [3.63, 3.8) is 0 Å². The van der Waals surface area contributed by atoms with E-state index >= 15 is 0 Å². The van der Waals surface area contributed by atoms with Crippen LogP contribution in [0.15, 0.2) is 42.6 Å². The molecule has 0 saturated carbocycles. The van der Waals surface area contributed by atoms with E-state index in [-0.39, 0.29) is 29.4 Å². The fraction of sp³-hybridized carbons (Fsp3) is 0.480. The number of methoxy groups -OCH3 is 1. The lowest BCUT2D eigenvalue weighted by molar-refractivity contribution is -0.151. The minimum atomic E-state index is -0.829. The number of nitrogens with one attached hydrogen (secondary N) is 1. The maximum Gasteiger partial charge on any atom is 0.328 e. The van der Waals surface area contributed by atoms with Gasteiger partial charge in [0, 0.05) is 25.3 Å². The van der Waals surface area contributed by atoms with Gasteiger partial charge in [-0.3, -0.25) is 4.79 Å². The molecule has 1 saturated heterocycles. The number of aromatic nitrogens is 1. The van der Waals surface area contributed by atoms with Gasteiger partial charge >= 0.3 is 5.97 Å². The van der Waals surface area contributed by atoms with Crippen molar-refractivity contribution >= 4 is 11.9 Å². The molecule has 33 heavy (non-hydrogen) atoms. The van der Waals surface area contributed by atoms with Crippen molar-refractivity contribution < 1.29 is 28.9 Å². The summed E-state index contributed by atoms with van der Waals surface area (Å²) in [5, 5.41) is 12.8. The Balaban J connectivity index is 1.53. The predicted molar refractivity (Wildman–Crippen MR) is 122 cm³/mol. The lowest BCUT2D eigenvalue weighted by atomic mass is 10.0. The smallest absolute Gasteiger partial charge is 0.328 e. The van der Waals surface area contributed by atoms with Crippen LogP contribution in [0.2, 0.25) is 0 Å². The Labute approximate surface area is 194 Å². The van der Waals surface area contributed by atoms with Crippen LogP contribution in [0.25, 0.3) is 0 Å². The van der Waals surface area contributed by atoms with Gasteiger partial charge in [0.05, 0.1) is 13.2 Å². The van der Waals surface area contributed by atoms with E-state index in [1.807, 2.05) is 25.1 Å². The molecule has 1 aromatic carbocycles. The lowest BCUT2D eigenvalue weighted by Gasteiger charge is -2.21. The van der Waals surface area contributed by atoms with E-state index in [2.05, 4.69) is 22.4 Å². The summed E-state index contributed by atoms with van der Waals surface area (Å²) < 4.78 is 16.7. The van der Waals surface area contributed by atoms with E-state index in [4.69, 9.17) is 14.2 Å². The second-order valence-electron chi connectivity index (χ2n) is 8.23. The molecule has 2 aromatic rings. The van der Waals surface area contributed by atoms with E-state index < -0.39 is 17.9 Å². The third-order valence-corrected chi connectivity index (χ3v) is 5.65. The molecule has 8 heteroatoms. The van der Waals surface area contributed by atoms with Gasteiger partial charge in [-0.1, -0.05) is 30.3 Å². The van der Waals surface area contributed by atoms with Crippen molar-refractivity contribution in [1.82, 2.24) is 10.3 Å². The normalized spacial score (nSPS) is 21.3. The molecular formula is C25H32N2O6. The maximum absolute atomic E-state index is 12.6. The van der Waals surface area contributed by atoms with E-state index in [1.165, 1.54) is 24.9 Å². The summed E-state index contributed by atoms with van der Waals surface area (Å²) in [5.74, 6) is -1.39. The molecule has 8 nitrogen and oxygen atoms in total. The Kier molecular flexibility index (Phi) is 9.06. The number of nitrogens with zero attached hydrogens (tertiary/aromatic N) is 1. The average molecular weight is 457 g/mol. The first-order valence-corrected chi connectivity index (χ1v) is 11.4. The van der Waals surface area contributed by atoms with Crippen molar-refractivity contribution in [3.05, 3.63) is 53.9 Å². The zero-order valence-electron chi connectivity index (χ0n) is 19.2. The Morgan fingerprint density at radius 2 is 2.03 bits per heavy atom. The molecule has 1 amide bonds. The van der Waals surface area contributed by atoms with E-state index in [1.54, 1.807) is 0 Å². The zero-order valence-corrected chi connectivity index (χ0v) is 19.2. The van der Waals surface area contributed by atoms with Gasteiger partial charge in [-0.15, -0.1) is 0 Å². The highest BCUT2D eigenvalue weighted by atomic mass is 16.5. The molecule has 2 unspecified atom stereocenters. The Hall–Kier alpha value is -3.13. The Morgan fingerprint density at radius 1 is 1.24 bits per heavy atom. The standard InChI is InChI=1S/C25H32N2O6/c1-17-16-19(32-15-7-10-18-8-4-3-5-9-18)11-6-12-20(25(30)33-17)27-24(29)22-23(28)21(31-2)13-14-26-22/h3-5,8-9,13-14,17,19-20,28H,6-7,10-12,15-16H2,1-2H3,(H,27,29)/t17?,19?,20-/m0/s1. The second kappa shape index (κ2) is 12.2. The molecule has 3 rings (SSSR count). The number of hydrogen-bond donors (Lipinski definition) is 2. The van der Waals surface area contributed by atoms with Crippen LogP contribution in [0, 0.1) is 0 Å². The molecule has 1 aromatic heterocycles. The molecule has 1 aliphatic rings. The average Bonchev–Trinajstić information content (AvgIpc) is 2.87. The number of carbonyl (C=O) groups is 2. The van der Waals surface area contributed by atoms with Crippen LogP contribution in [0.4, 0.5) is 0 Å². The highest BCUT2D eigenvalue weighted by molar-refractivity contribution is 5.97. The molecule has 0 bridgehead atoms. The summed E-state index contributed by atoms with van der Waals surface area (Å²) in [6.07, 6.45) is 5.36. The third kappa shape index (κ3) is 7.18. The van der Waals surface area contributed by atoms with Crippen LogP contribution < -0.4 is 10.1 Å². The summed E-state index contributed by atoms with van der Waals surface area (Å²) in [6, 6.07) is 10.9. The molecule has 1 fully saturated rings. The fourth-order valence-electron chi connectivity index (χ4n) is 3.93. The largest absolute Gasteiger partial charge is 0.503 e. The zero-order chi connectivity index (χ0) is 23.6. The molecule has 0 radical (unpaired) electrons. The number of amides is 1. The van der Waals surface area contributed by atoms with E-state index in [0.29, 0.717) is 25.9 Å². The van der Waals surface area contributed by atoms with Crippen molar-refractivity contribution in [2.45, 2.75) is 63.7 Å². The van der Waals surface area contributed by atoms with Crippen LogP contribution in [0.5, 0.6) is 11.5 Å². The summed E-state index contributed by atoms with van der Waals surface area (Å²) in [6.45, 7) is 2.47. The van der Waals surface area contributed by atoms with Crippen LogP contribution in [-0.4, -0.2) is 53.9 Å². The SMILES string of the molecule is COc1ccnc(C(=O)N[C@H]2CCCC(OCCCc3ccccc3)CC(C)OC2=O)c1O. The number of esters is 1. The van der Waals surface area contributed by atoms with E-state index in [9.17, 15) is 14.7 Å². The minimum absolute atomic E-state index is 0.0119. The van der Waals surface area contributed by atoms with Gasteiger partial charge in [-0.2, -0.15) is 0 Å². The van der Waals surface area contributed by atoms with Gasteiger partial charge in [0.2, 0.25) is 0 Å². The second-order valence-corrected chi connectivity index (χ2v) is 8.23. The third-order valence-electron chi connectivity index (χ3n) is 5.65. The molecule has 0 aliphatic carbocycles. The van der Waals surface area contributed by atoms with Crippen molar-refractivity contribution in [2.75, 3.05) is 13.7 Å². The van der Waals surface area contributed by atoms with Gasteiger partial charge in [-0.25, -0.2) is 9.78 Å². The quantitative estimate of drug-likeness (QED) is 0.463. The van der Waals surface area contributed by atoms with Gasteiger partial charge in [0.1, 0.15) is 12.1 Å². The number of benzene rings is 1. The van der Waals surface area contributed by atoms with Gasteiger partial charge in [-0.05, 0) is 44.6 Å². The molecule has 0 spiro atoms. The number of hydrogen-bond acceptors (Lipinski definition) is 7. The summed E-state index contributed by atoms with van der Waals surface area (Å²) in [5.41, 5.74) is 1.09. The summed E-state index contributed by atoms with van der Waals surface area (Å²) in [4.78, 5) is 29.2. The number of carbonyl (C=O) groups excluding carboxylic acids is 2. The molecule has 2 heterocycles. The first kappa shape index (κ1) is 24.5. The molecule has 2 N–H and O–H groups in total. The highest BCUT2D eigenvalue weighted by Gasteiger charge is 2.29. The van der Waals surface area contributed by atoms with Gasteiger partial charge in [0.15, 0.2) is 17.2 Å². The van der Waals surface area contributed by atoms with Crippen LogP contribution in [-0.2, 0) is 20.7 Å². The van der Waals surface area contributed by atoms with Gasteiger partial charge in [0.25, 0.3) is 5.91 Å².